The van der Waals surface area contributed by atoms with Gasteiger partial charge in [-0.2, -0.15) is 0 Å². The lowest BCUT2D eigenvalue weighted by atomic mass is 10.0. The minimum Gasteiger partial charge on any atom is -0.497 e. The predicted molar refractivity (Wildman–Crippen MR) is 76.9 cm³/mol. The van der Waals surface area contributed by atoms with Crippen LogP contribution in [-0.2, 0) is 16.0 Å². The van der Waals surface area contributed by atoms with Crippen LogP contribution in [-0.4, -0.2) is 44.9 Å². The average Bonchev–Trinajstić information content (AvgIpc) is 2.43. The molecule has 1 aromatic rings. The van der Waals surface area contributed by atoms with E-state index in [4.69, 9.17) is 9.47 Å². The maximum Gasteiger partial charge on any atom is 0.246 e. The summed E-state index contributed by atoms with van der Waals surface area (Å²) in [7, 11) is 1.65. The molecule has 1 aliphatic rings. The Kier molecular flexibility index (Phi) is 4.98. The normalized spacial score (nSPS) is 16.3. The first-order valence-electron chi connectivity index (χ1n) is 6.86. The summed E-state index contributed by atoms with van der Waals surface area (Å²) >= 11 is 0. The van der Waals surface area contributed by atoms with Gasteiger partial charge in [-0.15, -0.1) is 0 Å². The van der Waals surface area contributed by atoms with E-state index in [0.29, 0.717) is 6.54 Å². The topological polar surface area (TPSA) is 59.6 Å². The number of carbonyl (C=O) groups excluding carboxylic acids is 1. The molecule has 0 bridgehead atoms. The molecule has 0 atom stereocenters. The fraction of sp³-hybridized carbons (Fsp3) is 0.533. The van der Waals surface area contributed by atoms with E-state index in [1.54, 1.807) is 7.11 Å². The highest BCUT2D eigenvalue weighted by Crippen LogP contribution is 2.14. The van der Waals surface area contributed by atoms with Gasteiger partial charge in [0.2, 0.25) is 5.91 Å². The number of ether oxygens (including phenoxy) is 2. The maximum atomic E-state index is 11.7. The second-order valence-electron chi connectivity index (χ2n) is 5.29. The lowest BCUT2D eigenvalue weighted by Crippen LogP contribution is -2.59. The van der Waals surface area contributed by atoms with Crippen molar-refractivity contribution >= 4 is 5.91 Å². The molecule has 5 heteroatoms. The van der Waals surface area contributed by atoms with Crippen LogP contribution >= 0.6 is 0 Å². The van der Waals surface area contributed by atoms with Gasteiger partial charge < -0.3 is 20.1 Å². The fourth-order valence-electron chi connectivity index (χ4n) is 2.04. The van der Waals surface area contributed by atoms with Crippen LogP contribution in [0.4, 0.5) is 0 Å². The van der Waals surface area contributed by atoms with Crippen LogP contribution in [0.25, 0.3) is 0 Å². The van der Waals surface area contributed by atoms with E-state index in [2.05, 4.69) is 10.6 Å². The van der Waals surface area contributed by atoms with Crippen LogP contribution in [0.15, 0.2) is 24.3 Å². The molecule has 110 valence electrons. The minimum atomic E-state index is -0.176. The molecular formula is C15H22N2O3. The zero-order valence-corrected chi connectivity index (χ0v) is 12.1. The van der Waals surface area contributed by atoms with Gasteiger partial charge in [0.1, 0.15) is 12.4 Å². The SMILES string of the molecule is COc1cccc(CCNC(=O)COC2(C)CNC2)c1. The first kappa shape index (κ1) is 14.8. The van der Waals surface area contributed by atoms with E-state index < -0.39 is 0 Å². The van der Waals surface area contributed by atoms with Crippen LogP contribution in [0.2, 0.25) is 0 Å². The molecule has 2 rings (SSSR count). The van der Waals surface area contributed by atoms with Gasteiger partial charge in [-0.3, -0.25) is 4.79 Å². The van der Waals surface area contributed by atoms with Gasteiger partial charge in [0.25, 0.3) is 0 Å². The summed E-state index contributed by atoms with van der Waals surface area (Å²) in [5, 5.41) is 6.00. The number of methoxy groups -OCH3 is 1. The number of nitrogens with one attached hydrogen (secondary N) is 2. The molecule has 2 N–H and O–H groups in total. The van der Waals surface area contributed by atoms with Crippen LogP contribution in [0.5, 0.6) is 5.75 Å². The zero-order chi connectivity index (χ0) is 14.4. The number of hydrogen-bond acceptors (Lipinski definition) is 4. The van der Waals surface area contributed by atoms with Gasteiger partial charge >= 0.3 is 0 Å². The molecule has 5 nitrogen and oxygen atoms in total. The molecule has 20 heavy (non-hydrogen) atoms. The zero-order valence-electron chi connectivity index (χ0n) is 12.1. The summed E-state index contributed by atoms with van der Waals surface area (Å²) in [6.45, 7) is 4.35. The van der Waals surface area contributed by atoms with Crippen molar-refractivity contribution in [2.45, 2.75) is 18.9 Å². The summed E-state index contributed by atoms with van der Waals surface area (Å²) < 4.78 is 10.7. The van der Waals surface area contributed by atoms with Crippen LogP contribution in [0.3, 0.4) is 0 Å². The van der Waals surface area contributed by atoms with Gasteiger partial charge in [0.05, 0.1) is 12.7 Å². The lowest BCUT2D eigenvalue weighted by molar-refractivity contribution is -0.135. The number of carbonyl (C=O) groups is 1. The molecule has 0 spiro atoms. The van der Waals surface area contributed by atoms with Gasteiger partial charge in [0.15, 0.2) is 0 Å². The average molecular weight is 278 g/mol. The monoisotopic (exact) mass is 278 g/mol. The smallest absolute Gasteiger partial charge is 0.246 e. The molecule has 0 saturated carbocycles. The molecule has 1 aromatic carbocycles. The van der Waals surface area contributed by atoms with E-state index in [9.17, 15) is 4.79 Å². The Morgan fingerprint density at radius 3 is 2.90 bits per heavy atom. The molecule has 0 aromatic heterocycles. The second kappa shape index (κ2) is 6.72. The second-order valence-corrected chi connectivity index (χ2v) is 5.29. The molecule has 0 aliphatic carbocycles. The van der Waals surface area contributed by atoms with Crippen molar-refractivity contribution in [1.82, 2.24) is 10.6 Å². The summed E-state index contributed by atoms with van der Waals surface area (Å²) in [4.78, 5) is 11.7. The third kappa shape index (κ3) is 4.21. The standard InChI is InChI=1S/C15H22N2O3/c1-15(10-16-11-15)20-9-14(18)17-7-6-12-4-3-5-13(8-12)19-2/h3-5,8,16H,6-7,9-11H2,1-2H3,(H,17,18). The summed E-state index contributed by atoms with van der Waals surface area (Å²) in [5.74, 6) is 0.767. The third-order valence-electron chi connectivity index (χ3n) is 3.42. The molecule has 1 amide bonds. The van der Waals surface area contributed by atoms with E-state index in [1.165, 1.54) is 0 Å². The van der Waals surface area contributed by atoms with Crippen molar-refractivity contribution in [3.63, 3.8) is 0 Å². The van der Waals surface area contributed by atoms with Gasteiger partial charge in [-0.25, -0.2) is 0 Å². The molecule has 0 radical (unpaired) electrons. The highest BCUT2D eigenvalue weighted by atomic mass is 16.5. The minimum absolute atomic E-state index is 0.0685. The Morgan fingerprint density at radius 2 is 2.25 bits per heavy atom. The number of hydrogen-bond donors (Lipinski definition) is 2. The summed E-state index contributed by atoms with van der Waals surface area (Å²) in [5.41, 5.74) is 0.963. The summed E-state index contributed by atoms with van der Waals surface area (Å²) in [6.07, 6.45) is 0.780. The molecule has 1 heterocycles. The van der Waals surface area contributed by atoms with E-state index in [-0.39, 0.29) is 18.1 Å². The Bertz CT molecular complexity index is 458. The molecule has 1 aliphatic heterocycles. The summed E-state index contributed by atoms with van der Waals surface area (Å²) in [6, 6.07) is 7.85. The van der Waals surface area contributed by atoms with Gasteiger partial charge in [-0.1, -0.05) is 12.1 Å². The number of amides is 1. The van der Waals surface area contributed by atoms with Gasteiger partial charge in [-0.05, 0) is 31.0 Å². The van der Waals surface area contributed by atoms with Crippen molar-refractivity contribution < 1.29 is 14.3 Å². The Morgan fingerprint density at radius 1 is 1.45 bits per heavy atom. The highest BCUT2D eigenvalue weighted by molar-refractivity contribution is 5.77. The molecular weight excluding hydrogens is 256 g/mol. The van der Waals surface area contributed by atoms with Crippen molar-refractivity contribution in [2.24, 2.45) is 0 Å². The lowest BCUT2D eigenvalue weighted by Gasteiger charge is -2.38. The number of benzene rings is 1. The van der Waals surface area contributed by atoms with E-state index >= 15 is 0 Å². The van der Waals surface area contributed by atoms with E-state index in [1.807, 2.05) is 31.2 Å². The molecule has 1 fully saturated rings. The van der Waals surface area contributed by atoms with Gasteiger partial charge in [0, 0.05) is 19.6 Å². The van der Waals surface area contributed by atoms with Crippen LogP contribution in [0.1, 0.15) is 12.5 Å². The predicted octanol–water partition coefficient (Wildman–Crippen LogP) is 0.732. The quantitative estimate of drug-likeness (QED) is 0.772. The third-order valence-corrected chi connectivity index (χ3v) is 3.42. The largest absolute Gasteiger partial charge is 0.497 e. The Hall–Kier alpha value is -1.59. The van der Waals surface area contributed by atoms with Crippen molar-refractivity contribution in [2.75, 3.05) is 33.4 Å². The Labute approximate surface area is 119 Å². The van der Waals surface area contributed by atoms with Crippen molar-refractivity contribution in [1.29, 1.82) is 0 Å². The van der Waals surface area contributed by atoms with Crippen molar-refractivity contribution in [3.8, 4) is 5.75 Å². The highest BCUT2D eigenvalue weighted by Gasteiger charge is 2.32. The molecule has 1 saturated heterocycles. The Balaban J connectivity index is 1.65. The maximum absolute atomic E-state index is 11.7. The first-order chi connectivity index (χ1) is 9.61. The van der Waals surface area contributed by atoms with Crippen LogP contribution in [0, 0.1) is 0 Å². The van der Waals surface area contributed by atoms with Crippen molar-refractivity contribution in [3.05, 3.63) is 29.8 Å². The number of rotatable bonds is 7. The van der Waals surface area contributed by atoms with E-state index in [0.717, 1.165) is 30.8 Å². The fourth-order valence-corrected chi connectivity index (χ4v) is 2.04. The van der Waals surface area contributed by atoms with Crippen LogP contribution < -0.4 is 15.4 Å². The first-order valence-corrected chi connectivity index (χ1v) is 6.86. The molecule has 0 unspecified atom stereocenters.